The van der Waals surface area contributed by atoms with Crippen LogP contribution in [0.2, 0.25) is 0 Å². The molecule has 0 rings (SSSR count). The molecular weight excluding hydrogens is 136 g/mol. The van der Waals surface area contributed by atoms with Crippen molar-refractivity contribution in [2.24, 2.45) is 11.1 Å². The lowest BCUT2D eigenvalue weighted by Gasteiger charge is -2.20. The molecule has 0 heterocycles. The molecule has 9 heavy (non-hydrogen) atoms. The molecule has 0 saturated heterocycles. The summed E-state index contributed by atoms with van der Waals surface area (Å²) < 4.78 is 0. The van der Waals surface area contributed by atoms with Crippen molar-refractivity contribution in [2.75, 3.05) is 0 Å². The number of hydrogen-bond acceptors (Lipinski definition) is 1. The highest BCUT2D eigenvalue weighted by Crippen LogP contribution is 2.26. The summed E-state index contributed by atoms with van der Waals surface area (Å²) >= 11 is 5.55. The first-order chi connectivity index (χ1) is 3.89. The third kappa shape index (κ3) is 1.72. The van der Waals surface area contributed by atoms with Crippen molar-refractivity contribution in [3.8, 4) is 0 Å². The van der Waals surface area contributed by atoms with Crippen LogP contribution in [0.5, 0.6) is 0 Å². The van der Waals surface area contributed by atoms with Crippen LogP contribution in [0, 0.1) is 10.8 Å². The van der Waals surface area contributed by atoms with Crippen molar-refractivity contribution in [1.82, 2.24) is 0 Å². The number of nitrogens with two attached hydrogens (primary N) is 1. The predicted molar refractivity (Wildman–Crippen MR) is 40.7 cm³/mol. The van der Waals surface area contributed by atoms with E-state index in [1.54, 1.807) is 13.8 Å². The van der Waals surface area contributed by atoms with E-state index in [0.717, 1.165) is 0 Å². The van der Waals surface area contributed by atoms with Crippen molar-refractivity contribution in [2.45, 2.75) is 13.8 Å². The van der Waals surface area contributed by atoms with Gasteiger partial charge in [-0.05, 0) is 13.8 Å². The largest absolute Gasteiger partial charge is 0.387 e. The molecule has 3 heteroatoms. The zero-order chi connectivity index (χ0) is 7.65. The Morgan fingerprint density at radius 2 is 2.00 bits per heavy atom. The maximum absolute atomic E-state index is 7.06. The molecule has 0 aromatic carbocycles. The quantitative estimate of drug-likeness (QED) is 0.452. The second-order valence-electron chi connectivity index (χ2n) is 2.44. The van der Waals surface area contributed by atoms with Crippen LogP contribution in [0.1, 0.15) is 13.8 Å². The standard InChI is InChI=1S/C6H11ClN2/c1-4(7)6(2,3)5(8)9/h1H2,2-3H3,(H3,8,9). The molecule has 52 valence electrons. The Bertz CT molecular complexity index is 133. The van der Waals surface area contributed by atoms with Gasteiger partial charge in [-0.1, -0.05) is 18.2 Å². The molecule has 0 aromatic heterocycles. The zero-order valence-electron chi connectivity index (χ0n) is 5.66. The molecule has 0 amide bonds. The second kappa shape index (κ2) is 2.40. The highest BCUT2D eigenvalue weighted by atomic mass is 35.5. The normalized spacial score (nSPS) is 11.0. The molecule has 0 radical (unpaired) electrons. The molecule has 0 unspecified atom stereocenters. The summed E-state index contributed by atoms with van der Waals surface area (Å²) in [5, 5.41) is 7.46. The van der Waals surface area contributed by atoms with Gasteiger partial charge in [-0.15, -0.1) is 0 Å². The maximum Gasteiger partial charge on any atom is 0.102 e. The van der Waals surface area contributed by atoms with Gasteiger partial charge < -0.3 is 5.73 Å². The lowest BCUT2D eigenvalue weighted by molar-refractivity contribution is 0.650. The Morgan fingerprint density at radius 3 is 2.00 bits per heavy atom. The first-order valence-corrected chi connectivity index (χ1v) is 2.96. The van der Waals surface area contributed by atoms with Crippen molar-refractivity contribution < 1.29 is 0 Å². The van der Waals surface area contributed by atoms with E-state index < -0.39 is 5.41 Å². The fourth-order valence-corrected chi connectivity index (χ4v) is 0.248. The Morgan fingerprint density at radius 1 is 1.67 bits per heavy atom. The minimum atomic E-state index is -0.568. The topological polar surface area (TPSA) is 49.9 Å². The van der Waals surface area contributed by atoms with Crippen molar-refractivity contribution in [3.63, 3.8) is 0 Å². The summed E-state index contributed by atoms with van der Waals surface area (Å²) in [6.45, 7) is 7.00. The van der Waals surface area contributed by atoms with Gasteiger partial charge in [-0.25, -0.2) is 0 Å². The Hall–Kier alpha value is -0.500. The zero-order valence-corrected chi connectivity index (χ0v) is 6.42. The molecule has 0 saturated carbocycles. The molecule has 0 fully saturated rings. The van der Waals surface area contributed by atoms with E-state index >= 15 is 0 Å². The molecule has 0 aliphatic rings. The predicted octanol–water partition coefficient (Wildman–Crippen LogP) is 1.70. The number of halogens is 1. The van der Waals surface area contributed by atoms with E-state index in [1.807, 2.05) is 0 Å². The Balaban J connectivity index is 4.38. The molecule has 0 aliphatic carbocycles. The van der Waals surface area contributed by atoms with Gasteiger partial charge in [-0.3, -0.25) is 5.41 Å². The minimum Gasteiger partial charge on any atom is -0.387 e. The summed E-state index contributed by atoms with van der Waals surface area (Å²) in [5.74, 6) is 0.0440. The van der Waals surface area contributed by atoms with Gasteiger partial charge in [0.1, 0.15) is 5.84 Å². The monoisotopic (exact) mass is 146 g/mol. The molecule has 3 N–H and O–H groups in total. The number of rotatable bonds is 2. The van der Waals surface area contributed by atoms with Crippen LogP contribution >= 0.6 is 11.6 Å². The molecule has 0 spiro atoms. The van der Waals surface area contributed by atoms with Crippen molar-refractivity contribution in [1.29, 1.82) is 5.41 Å². The number of hydrogen-bond donors (Lipinski definition) is 2. The first kappa shape index (κ1) is 8.50. The molecule has 2 nitrogen and oxygen atoms in total. The highest BCUT2D eigenvalue weighted by molar-refractivity contribution is 6.31. The first-order valence-electron chi connectivity index (χ1n) is 2.58. The van der Waals surface area contributed by atoms with Gasteiger partial charge >= 0.3 is 0 Å². The van der Waals surface area contributed by atoms with Crippen LogP contribution in [0.25, 0.3) is 0 Å². The maximum atomic E-state index is 7.06. The van der Waals surface area contributed by atoms with E-state index in [4.69, 9.17) is 22.7 Å². The Kier molecular flexibility index (Phi) is 2.26. The summed E-state index contributed by atoms with van der Waals surface area (Å²) in [4.78, 5) is 0. The SMILES string of the molecule is C=C(Cl)C(C)(C)C(=N)N. The minimum absolute atomic E-state index is 0.0440. The van der Waals surface area contributed by atoms with Gasteiger partial charge in [0.25, 0.3) is 0 Å². The highest BCUT2D eigenvalue weighted by Gasteiger charge is 2.23. The van der Waals surface area contributed by atoms with E-state index in [0.29, 0.717) is 5.03 Å². The van der Waals surface area contributed by atoms with Gasteiger partial charge in [0.05, 0.1) is 5.41 Å². The van der Waals surface area contributed by atoms with Gasteiger partial charge in [0.15, 0.2) is 0 Å². The average molecular weight is 147 g/mol. The van der Waals surface area contributed by atoms with Gasteiger partial charge in [-0.2, -0.15) is 0 Å². The summed E-state index contributed by atoms with van der Waals surface area (Å²) in [6, 6.07) is 0. The lowest BCUT2D eigenvalue weighted by Crippen LogP contribution is -2.30. The van der Waals surface area contributed by atoms with Gasteiger partial charge in [0.2, 0.25) is 0 Å². The van der Waals surface area contributed by atoms with E-state index in [9.17, 15) is 0 Å². The summed E-state index contributed by atoms with van der Waals surface area (Å²) in [7, 11) is 0. The molecule has 0 atom stereocenters. The fourth-order valence-electron chi connectivity index (χ4n) is 0.146. The lowest BCUT2D eigenvalue weighted by atomic mass is 9.92. The third-order valence-corrected chi connectivity index (χ3v) is 1.82. The Labute approximate surface area is 60.2 Å². The van der Waals surface area contributed by atoms with E-state index in [-0.39, 0.29) is 5.84 Å². The van der Waals surface area contributed by atoms with Crippen LogP contribution < -0.4 is 5.73 Å². The van der Waals surface area contributed by atoms with Crippen molar-refractivity contribution >= 4 is 17.4 Å². The summed E-state index contributed by atoms with van der Waals surface area (Å²) in [6.07, 6.45) is 0. The average Bonchev–Trinajstić information content (AvgIpc) is 1.65. The second-order valence-corrected chi connectivity index (χ2v) is 2.90. The van der Waals surface area contributed by atoms with E-state index in [1.165, 1.54) is 0 Å². The molecule has 0 aliphatic heterocycles. The van der Waals surface area contributed by atoms with E-state index in [2.05, 4.69) is 6.58 Å². The fraction of sp³-hybridized carbons (Fsp3) is 0.500. The van der Waals surface area contributed by atoms with Crippen LogP contribution in [0.4, 0.5) is 0 Å². The molecule has 0 bridgehead atoms. The summed E-state index contributed by atoms with van der Waals surface area (Å²) in [5.41, 5.74) is 4.64. The van der Waals surface area contributed by atoms with Crippen molar-refractivity contribution in [3.05, 3.63) is 11.6 Å². The van der Waals surface area contributed by atoms with Gasteiger partial charge in [0, 0.05) is 5.03 Å². The van der Waals surface area contributed by atoms with Crippen LogP contribution in [0.3, 0.4) is 0 Å². The molecular formula is C6H11ClN2. The third-order valence-electron chi connectivity index (χ3n) is 1.35. The molecule has 0 aromatic rings. The van der Waals surface area contributed by atoms with Crippen LogP contribution in [-0.2, 0) is 0 Å². The number of nitrogens with one attached hydrogen (secondary N) is 1. The van der Waals surface area contributed by atoms with Crippen LogP contribution in [-0.4, -0.2) is 5.84 Å². The smallest absolute Gasteiger partial charge is 0.102 e. The number of amidine groups is 1. The van der Waals surface area contributed by atoms with Crippen LogP contribution in [0.15, 0.2) is 11.6 Å².